The van der Waals surface area contributed by atoms with Crippen molar-refractivity contribution in [3.8, 4) is 5.75 Å². The Balaban J connectivity index is 1.92. The molecule has 0 unspecified atom stereocenters. The SMILES string of the molecule is CCOC(=O)c1cn(CC(=O)Nc2ccc(OCC)cc2)c2nc(C)ccc2c1=O. The third kappa shape index (κ3) is 4.65. The van der Waals surface area contributed by atoms with Crippen molar-refractivity contribution in [1.29, 1.82) is 0 Å². The van der Waals surface area contributed by atoms with Gasteiger partial charge in [-0.2, -0.15) is 0 Å². The normalized spacial score (nSPS) is 10.6. The molecule has 0 fully saturated rings. The van der Waals surface area contributed by atoms with Crippen LogP contribution < -0.4 is 15.5 Å². The Kier molecular flexibility index (Phi) is 6.46. The fraction of sp³-hybridized carbons (Fsp3) is 0.273. The molecule has 0 aliphatic carbocycles. The van der Waals surface area contributed by atoms with Gasteiger partial charge in [0, 0.05) is 17.6 Å². The van der Waals surface area contributed by atoms with Gasteiger partial charge in [0.2, 0.25) is 11.3 Å². The van der Waals surface area contributed by atoms with E-state index in [9.17, 15) is 14.4 Å². The molecule has 1 N–H and O–H groups in total. The lowest BCUT2D eigenvalue weighted by atomic mass is 10.2. The van der Waals surface area contributed by atoms with Crippen molar-refractivity contribution in [3.63, 3.8) is 0 Å². The van der Waals surface area contributed by atoms with E-state index >= 15 is 0 Å². The maximum atomic E-state index is 12.7. The molecule has 0 atom stereocenters. The number of benzene rings is 1. The summed E-state index contributed by atoms with van der Waals surface area (Å²) in [6.45, 7) is 5.90. The molecule has 0 aliphatic heterocycles. The minimum absolute atomic E-state index is 0.132. The van der Waals surface area contributed by atoms with Crippen LogP contribution in [0.4, 0.5) is 5.69 Å². The predicted molar refractivity (Wildman–Crippen MR) is 113 cm³/mol. The molecular formula is C22H23N3O5. The third-order valence-corrected chi connectivity index (χ3v) is 4.32. The average Bonchev–Trinajstić information content (AvgIpc) is 2.71. The number of anilines is 1. The van der Waals surface area contributed by atoms with Crippen molar-refractivity contribution >= 4 is 28.6 Å². The van der Waals surface area contributed by atoms with E-state index < -0.39 is 11.4 Å². The number of carbonyl (C=O) groups excluding carboxylic acids is 2. The van der Waals surface area contributed by atoms with Crippen LogP contribution in [0.5, 0.6) is 5.75 Å². The molecule has 8 heteroatoms. The van der Waals surface area contributed by atoms with Gasteiger partial charge in [0.25, 0.3) is 0 Å². The molecule has 0 radical (unpaired) electrons. The number of hydrogen-bond acceptors (Lipinski definition) is 6. The predicted octanol–water partition coefficient (Wildman–Crippen LogP) is 2.92. The van der Waals surface area contributed by atoms with E-state index in [2.05, 4.69) is 10.3 Å². The molecule has 0 saturated carbocycles. The van der Waals surface area contributed by atoms with E-state index in [1.807, 2.05) is 6.92 Å². The molecule has 0 spiro atoms. The summed E-state index contributed by atoms with van der Waals surface area (Å²) >= 11 is 0. The Morgan fingerprint density at radius 3 is 2.47 bits per heavy atom. The molecule has 0 saturated heterocycles. The van der Waals surface area contributed by atoms with Crippen LogP contribution in [-0.2, 0) is 16.1 Å². The van der Waals surface area contributed by atoms with Crippen molar-refractivity contribution in [2.75, 3.05) is 18.5 Å². The van der Waals surface area contributed by atoms with Crippen molar-refractivity contribution in [2.45, 2.75) is 27.3 Å². The highest BCUT2D eigenvalue weighted by Gasteiger charge is 2.18. The van der Waals surface area contributed by atoms with Gasteiger partial charge in [-0.25, -0.2) is 9.78 Å². The number of aromatic nitrogens is 2. The zero-order valence-corrected chi connectivity index (χ0v) is 17.1. The minimum atomic E-state index is -0.731. The summed E-state index contributed by atoms with van der Waals surface area (Å²) in [6.07, 6.45) is 1.33. The topological polar surface area (TPSA) is 99.5 Å². The second-order valence-electron chi connectivity index (χ2n) is 6.55. The molecule has 30 heavy (non-hydrogen) atoms. The Morgan fingerprint density at radius 2 is 1.80 bits per heavy atom. The van der Waals surface area contributed by atoms with Gasteiger partial charge in [-0.1, -0.05) is 0 Å². The molecule has 2 aromatic heterocycles. The van der Waals surface area contributed by atoms with Gasteiger partial charge >= 0.3 is 5.97 Å². The van der Waals surface area contributed by atoms with Gasteiger partial charge in [0.05, 0.1) is 18.6 Å². The Hall–Kier alpha value is -3.68. The molecular weight excluding hydrogens is 386 g/mol. The van der Waals surface area contributed by atoms with Gasteiger partial charge in [-0.15, -0.1) is 0 Å². The summed E-state index contributed by atoms with van der Waals surface area (Å²) in [6, 6.07) is 10.3. The fourth-order valence-electron chi connectivity index (χ4n) is 2.99. The van der Waals surface area contributed by atoms with Crippen molar-refractivity contribution in [1.82, 2.24) is 9.55 Å². The number of nitrogens with one attached hydrogen (secondary N) is 1. The molecule has 2 heterocycles. The number of aryl methyl sites for hydroxylation is 1. The number of carbonyl (C=O) groups is 2. The molecule has 3 aromatic rings. The number of hydrogen-bond donors (Lipinski definition) is 1. The van der Waals surface area contributed by atoms with E-state index in [0.717, 1.165) is 0 Å². The Morgan fingerprint density at radius 1 is 1.07 bits per heavy atom. The highest BCUT2D eigenvalue weighted by Crippen LogP contribution is 2.16. The van der Waals surface area contributed by atoms with E-state index in [0.29, 0.717) is 29.4 Å². The maximum absolute atomic E-state index is 12.7. The zero-order chi connectivity index (χ0) is 21.7. The first-order chi connectivity index (χ1) is 14.4. The van der Waals surface area contributed by atoms with Crippen molar-refractivity contribution in [2.24, 2.45) is 0 Å². The Labute approximate surface area is 173 Å². The average molecular weight is 409 g/mol. The summed E-state index contributed by atoms with van der Waals surface area (Å²) in [4.78, 5) is 41.9. The molecule has 8 nitrogen and oxygen atoms in total. The number of fused-ring (bicyclic) bond motifs is 1. The van der Waals surface area contributed by atoms with E-state index in [1.54, 1.807) is 50.2 Å². The molecule has 3 rings (SSSR count). The first kappa shape index (κ1) is 21.0. The van der Waals surface area contributed by atoms with Crippen molar-refractivity contribution in [3.05, 3.63) is 64.1 Å². The second kappa shape index (κ2) is 9.21. The number of amides is 1. The first-order valence-electron chi connectivity index (χ1n) is 9.63. The summed E-state index contributed by atoms with van der Waals surface area (Å²) in [5, 5.41) is 3.04. The van der Waals surface area contributed by atoms with Crippen LogP contribution in [-0.4, -0.2) is 34.6 Å². The number of rotatable bonds is 7. The zero-order valence-electron chi connectivity index (χ0n) is 17.1. The van der Waals surface area contributed by atoms with Gasteiger partial charge in [-0.3, -0.25) is 9.59 Å². The lowest BCUT2D eigenvalue weighted by molar-refractivity contribution is -0.116. The van der Waals surface area contributed by atoms with Gasteiger partial charge in [0.15, 0.2) is 0 Å². The molecule has 1 aromatic carbocycles. The van der Waals surface area contributed by atoms with Gasteiger partial charge in [-0.05, 0) is 57.2 Å². The lowest BCUT2D eigenvalue weighted by Crippen LogP contribution is -2.25. The number of pyridine rings is 2. The largest absolute Gasteiger partial charge is 0.494 e. The van der Waals surface area contributed by atoms with E-state index in [4.69, 9.17) is 9.47 Å². The lowest BCUT2D eigenvalue weighted by Gasteiger charge is -2.13. The summed E-state index contributed by atoms with van der Waals surface area (Å²) < 4.78 is 11.9. The van der Waals surface area contributed by atoms with Crippen LogP contribution in [0, 0.1) is 6.92 Å². The maximum Gasteiger partial charge on any atom is 0.343 e. The van der Waals surface area contributed by atoms with Gasteiger partial charge < -0.3 is 19.4 Å². The molecule has 0 bridgehead atoms. The number of ether oxygens (including phenoxy) is 2. The summed E-state index contributed by atoms with van der Waals surface area (Å²) in [7, 11) is 0. The highest BCUT2D eigenvalue weighted by molar-refractivity contribution is 5.95. The highest BCUT2D eigenvalue weighted by atomic mass is 16.5. The van der Waals surface area contributed by atoms with Crippen molar-refractivity contribution < 1.29 is 19.1 Å². The van der Waals surface area contributed by atoms with E-state index in [1.165, 1.54) is 10.8 Å². The fourth-order valence-corrected chi connectivity index (χ4v) is 2.99. The third-order valence-electron chi connectivity index (χ3n) is 4.32. The van der Waals surface area contributed by atoms with Gasteiger partial charge in [0.1, 0.15) is 23.5 Å². The van der Waals surface area contributed by atoms with Crippen LogP contribution in [0.3, 0.4) is 0 Å². The van der Waals surface area contributed by atoms with Crippen LogP contribution in [0.25, 0.3) is 11.0 Å². The monoisotopic (exact) mass is 409 g/mol. The Bertz CT molecular complexity index is 1140. The van der Waals surface area contributed by atoms with Crippen LogP contribution in [0.2, 0.25) is 0 Å². The summed E-state index contributed by atoms with van der Waals surface area (Å²) in [5.41, 5.74) is 1.01. The minimum Gasteiger partial charge on any atom is -0.494 e. The second-order valence-corrected chi connectivity index (χ2v) is 6.55. The molecule has 1 amide bonds. The van der Waals surface area contributed by atoms with E-state index in [-0.39, 0.29) is 30.0 Å². The first-order valence-corrected chi connectivity index (χ1v) is 9.63. The van der Waals surface area contributed by atoms with Crippen LogP contribution >= 0.6 is 0 Å². The molecule has 0 aliphatic rings. The molecule has 156 valence electrons. The van der Waals surface area contributed by atoms with Crippen LogP contribution in [0.1, 0.15) is 29.9 Å². The standard InChI is InChI=1S/C22H23N3O5/c1-4-29-16-9-7-15(8-10-16)24-19(26)13-25-12-18(22(28)30-5-2)20(27)17-11-6-14(3)23-21(17)25/h6-12H,4-5,13H2,1-3H3,(H,24,26). The summed E-state index contributed by atoms with van der Waals surface area (Å²) in [5.74, 6) is -0.353. The van der Waals surface area contributed by atoms with Crippen LogP contribution in [0.15, 0.2) is 47.4 Å². The quantitative estimate of drug-likeness (QED) is 0.603. The number of nitrogens with zero attached hydrogens (tertiary/aromatic N) is 2. The number of esters is 1. The smallest absolute Gasteiger partial charge is 0.343 e.